The van der Waals surface area contributed by atoms with Gasteiger partial charge in [-0.05, 0) is 63.1 Å². The molecule has 5 aromatic rings. The van der Waals surface area contributed by atoms with Gasteiger partial charge in [0.05, 0.1) is 17.6 Å². The summed E-state index contributed by atoms with van der Waals surface area (Å²) in [5.41, 5.74) is 7.28. The van der Waals surface area contributed by atoms with Crippen LogP contribution >= 0.6 is 0 Å². The van der Waals surface area contributed by atoms with E-state index in [0.29, 0.717) is 17.0 Å². The summed E-state index contributed by atoms with van der Waals surface area (Å²) in [5.74, 6) is 0.448. The maximum Gasteiger partial charge on any atom is 0.270 e. The summed E-state index contributed by atoms with van der Waals surface area (Å²) in [7, 11) is 0. The van der Waals surface area contributed by atoms with Gasteiger partial charge in [-0.3, -0.25) is 4.79 Å². The summed E-state index contributed by atoms with van der Waals surface area (Å²) in [6.45, 7) is 8.15. The molecule has 0 spiro atoms. The predicted octanol–water partition coefficient (Wildman–Crippen LogP) is 5.55. The zero-order valence-electron chi connectivity index (χ0n) is 19.1. The Labute approximate surface area is 192 Å². The van der Waals surface area contributed by atoms with E-state index in [1.807, 2.05) is 75.4 Å². The number of aromatic nitrogens is 4. The van der Waals surface area contributed by atoms with Gasteiger partial charge in [-0.25, -0.2) is 9.25 Å². The molecule has 0 aliphatic rings. The van der Waals surface area contributed by atoms with E-state index in [4.69, 9.17) is 4.98 Å². The molecule has 5 rings (SSSR count). The second kappa shape index (κ2) is 8.06. The number of para-hydroxylation sites is 1. The SMILES string of the molecule is Cc1ccc(Nc2nc3c(cnn3-c3ccccc3)c(=O)n2-c2ccc(C)cc2C)c(C)c1. The molecular weight excluding hydrogens is 410 g/mol. The molecule has 0 bridgehead atoms. The fraction of sp³-hybridized carbons (Fsp3) is 0.148. The second-order valence-corrected chi connectivity index (χ2v) is 8.44. The quantitative estimate of drug-likeness (QED) is 0.402. The number of nitrogens with one attached hydrogen (secondary N) is 1. The van der Waals surface area contributed by atoms with Crippen LogP contribution in [0, 0.1) is 27.7 Å². The van der Waals surface area contributed by atoms with Crippen molar-refractivity contribution in [3.8, 4) is 11.4 Å². The first-order valence-corrected chi connectivity index (χ1v) is 10.9. The smallest absolute Gasteiger partial charge is 0.270 e. The standard InChI is InChI=1S/C27H25N5O/c1-17-10-12-23(19(3)14-17)29-27-30-25-22(16-28-32(25)21-8-6-5-7-9-21)26(33)31(27)24-13-11-18(2)15-20(24)4/h5-16H,1-4H3,(H,29,30). The van der Waals surface area contributed by atoms with Crippen LogP contribution in [0.4, 0.5) is 11.6 Å². The Morgan fingerprint density at radius 3 is 2.21 bits per heavy atom. The van der Waals surface area contributed by atoms with Crippen LogP contribution in [0.25, 0.3) is 22.4 Å². The van der Waals surface area contributed by atoms with Gasteiger partial charge in [0.15, 0.2) is 5.65 Å². The highest BCUT2D eigenvalue weighted by atomic mass is 16.1. The molecule has 0 unspecified atom stereocenters. The van der Waals surface area contributed by atoms with E-state index in [2.05, 4.69) is 29.5 Å². The Kier molecular flexibility index (Phi) is 5.05. The summed E-state index contributed by atoms with van der Waals surface area (Å²) in [5, 5.41) is 8.37. The Balaban J connectivity index is 1.79. The van der Waals surface area contributed by atoms with Crippen LogP contribution in [0.5, 0.6) is 0 Å². The van der Waals surface area contributed by atoms with E-state index in [9.17, 15) is 4.79 Å². The average molecular weight is 436 g/mol. The molecule has 0 saturated heterocycles. The third kappa shape index (κ3) is 3.69. The summed E-state index contributed by atoms with van der Waals surface area (Å²) in [6.07, 6.45) is 1.60. The fourth-order valence-corrected chi connectivity index (χ4v) is 4.16. The molecule has 0 fully saturated rings. The van der Waals surface area contributed by atoms with Crippen molar-refractivity contribution in [2.45, 2.75) is 27.7 Å². The van der Waals surface area contributed by atoms with Crippen molar-refractivity contribution < 1.29 is 0 Å². The molecule has 1 N–H and O–H groups in total. The highest BCUT2D eigenvalue weighted by Crippen LogP contribution is 2.25. The molecule has 33 heavy (non-hydrogen) atoms. The number of benzene rings is 3. The third-order valence-corrected chi connectivity index (χ3v) is 5.82. The minimum atomic E-state index is -0.165. The van der Waals surface area contributed by atoms with Crippen LogP contribution in [-0.4, -0.2) is 19.3 Å². The molecule has 0 amide bonds. The van der Waals surface area contributed by atoms with Gasteiger partial charge in [0, 0.05) is 5.69 Å². The van der Waals surface area contributed by atoms with Gasteiger partial charge in [0.2, 0.25) is 5.95 Å². The lowest BCUT2D eigenvalue weighted by Gasteiger charge is -2.17. The van der Waals surface area contributed by atoms with Crippen molar-refractivity contribution in [3.05, 3.63) is 106 Å². The molecule has 0 radical (unpaired) electrons. The van der Waals surface area contributed by atoms with E-state index in [0.717, 1.165) is 33.8 Å². The first kappa shape index (κ1) is 20.7. The Morgan fingerprint density at radius 1 is 0.818 bits per heavy atom. The lowest BCUT2D eigenvalue weighted by Crippen LogP contribution is -2.23. The summed E-state index contributed by atoms with van der Waals surface area (Å²) in [4.78, 5) is 18.7. The highest BCUT2D eigenvalue weighted by Gasteiger charge is 2.19. The highest BCUT2D eigenvalue weighted by molar-refractivity contribution is 5.78. The van der Waals surface area contributed by atoms with E-state index < -0.39 is 0 Å². The molecule has 0 atom stereocenters. The van der Waals surface area contributed by atoms with Gasteiger partial charge >= 0.3 is 0 Å². The van der Waals surface area contributed by atoms with Crippen molar-refractivity contribution in [3.63, 3.8) is 0 Å². The normalized spacial score (nSPS) is 11.2. The number of anilines is 2. The van der Waals surface area contributed by atoms with Crippen molar-refractivity contribution in [2.24, 2.45) is 0 Å². The Morgan fingerprint density at radius 2 is 1.52 bits per heavy atom. The van der Waals surface area contributed by atoms with Crippen LogP contribution in [0.3, 0.4) is 0 Å². The number of hydrogen-bond acceptors (Lipinski definition) is 4. The van der Waals surface area contributed by atoms with Gasteiger partial charge < -0.3 is 5.32 Å². The lowest BCUT2D eigenvalue weighted by molar-refractivity contribution is 0.887. The maximum absolute atomic E-state index is 13.8. The molecule has 2 aromatic heterocycles. The van der Waals surface area contributed by atoms with Crippen LogP contribution in [0.2, 0.25) is 0 Å². The molecule has 2 heterocycles. The van der Waals surface area contributed by atoms with Gasteiger partial charge in [-0.1, -0.05) is 53.6 Å². The number of rotatable bonds is 4. The molecule has 0 aliphatic heterocycles. The molecular formula is C27H25N5O. The number of hydrogen-bond donors (Lipinski definition) is 1. The van der Waals surface area contributed by atoms with Gasteiger partial charge in [0.25, 0.3) is 5.56 Å². The summed E-state index contributed by atoms with van der Waals surface area (Å²) in [6, 6.07) is 21.9. The zero-order chi connectivity index (χ0) is 23.1. The van der Waals surface area contributed by atoms with E-state index >= 15 is 0 Å². The number of fused-ring (bicyclic) bond motifs is 1. The third-order valence-electron chi connectivity index (χ3n) is 5.82. The molecule has 0 saturated carbocycles. The van der Waals surface area contributed by atoms with Gasteiger partial charge in [-0.2, -0.15) is 10.1 Å². The Hall–Kier alpha value is -4.19. The molecule has 3 aromatic carbocycles. The van der Waals surface area contributed by atoms with Gasteiger partial charge in [-0.15, -0.1) is 0 Å². The summed E-state index contributed by atoms with van der Waals surface area (Å²) < 4.78 is 3.35. The van der Waals surface area contributed by atoms with E-state index in [-0.39, 0.29) is 5.56 Å². The first-order chi connectivity index (χ1) is 15.9. The number of nitrogens with zero attached hydrogens (tertiary/aromatic N) is 4. The summed E-state index contributed by atoms with van der Waals surface area (Å²) >= 11 is 0. The number of aryl methyl sites for hydroxylation is 4. The van der Waals surface area contributed by atoms with Crippen molar-refractivity contribution in [1.29, 1.82) is 0 Å². The Bertz CT molecular complexity index is 1550. The van der Waals surface area contributed by atoms with E-state index in [1.54, 1.807) is 15.4 Å². The van der Waals surface area contributed by atoms with Crippen LogP contribution in [-0.2, 0) is 0 Å². The van der Waals surface area contributed by atoms with Crippen molar-refractivity contribution in [1.82, 2.24) is 19.3 Å². The maximum atomic E-state index is 13.8. The fourth-order valence-electron chi connectivity index (χ4n) is 4.16. The molecule has 6 nitrogen and oxygen atoms in total. The molecule has 0 aliphatic carbocycles. The molecule has 164 valence electrons. The minimum absolute atomic E-state index is 0.165. The largest absolute Gasteiger partial charge is 0.325 e. The van der Waals surface area contributed by atoms with Gasteiger partial charge in [0.1, 0.15) is 5.39 Å². The monoisotopic (exact) mass is 435 g/mol. The topological polar surface area (TPSA) is 64.7 Å². The second-order valence-electron chi connectivity index (χ2n) is 8.44. The average Bonchev–Trinajstić information content (AvgIpc) is 3.22. The first-order valence-electron chi connectivity index (χ1n) is 10.9. The van der Waals surface area contributed by atoms with Crippen LogP contribution in [0.1, 0.15) is 22.3 Å². The van der Waals surface area contributed by atoms with Crippen LogP contribution in [0.15, 0.2) is 77.7 Å². The van der Waals surface area contributed by atoms with Crippen molar-refractivity contribution in [2.75, 3.05) is 5.32 Å². The van der Waals surface area contributed by atoms with Crippen molar-refractivity contribution >= 4 is 22.7 Å². The predicted molar refractivity (Wildman–Crippen MR) is 133 cm³/mol. The minimum Gasteiger partial charge on any atom is -0.325 e. The van der Waals surface area contributed by atoms with Crippen LogP contribution < -0.4 is 10.9 Å². The zero-order valence-corrected chi connectivity index (χ0v) is 19.1. The molecule has 6 heteroatoms. The van der Waals surface area contributed by atoms with E-state index in [1.165, 1.54) is 5.56 Å². The lowest BCUT2D eigenvalue weighted by atomic mass is 10.1.